The van der Waals surface area contributed by atoms with Gasteiger partial charge in [-0.15, -0.1) is 0 Å². The highest BCUT2D eigenvalue weighted by molar-refractivity contribution is 14.1. The van der Waals surface area contributed by atoms with Crippen LogP contribution in [0.1, 0.15) is 35.7 Å². The number of benzene rings is 2. The second-order valence-electron chi connectivity index (χ2n) is 4.74. The molecule has 2 aromatic rings. The van der Waals surface area contributed by atoms with E-state index in [4.69, 9.17) is 0 Å². The first-order valence-corrected chi connectivity index (χ1v) is 7.31. The number of carbonyl (C=O) groups is 1. The zero-order chi connectivity index (χ0) is 13.8. The summed E-state index contributed by atoms with van der Waals surface area (Å²) in [6.45, 7) is 4.28. The van der Waals surface area contributed by atoms with Gasteiger partial charge < -0.3 is 5.32 Å². The molecule has 2 rings (SSSR count). The number of amides is 1. The normalized spacial score (nSPS) is 10.5. The smallest absolute Gasteiger partial charge is 0.255 e. The molecule has 0 aliphatic rings. The molecular weight excluding hydrogens is 349 g/mol. The summed E-state index contributed by atoms with van der Waals surface area (Å²) in [5.41, 5.74) is 2.74. The Morgan fingerprint density at radius 3 is 2.11 bits per heavy atom. The van der Waals surface area contributed by atoms with Crippen LogP contribution >= 0.6 is 22.6 Å². The predicted molar refractivity (Wildman–Crippen MR) is 87.6 cm³/mol. The Kier molecular flexibility index (Phi) is 4.58. The minimum absolute atomic E-state index is 0.0727. The van der Waals surface area contributed by atoms with Crippen LogP contribution < -0.4 is 5.32 Å². The van der Waals surface area contributed by atoms with E-state index in [2.05, 4.69) is 41.8 Å². The number of hydrogen-bond donors (Lipinski definition) is 1. The van der Waals surface area contributed by atoms with Gasteiger partial charge in [0.05, 0.1) is 0 Å². The number of hydrogen-bond acceptors (Lipinski definition) is 1. The van der Waals surface area contributed by atoms with Crippen LogP contribution in [-0.4, -0.2) is 5.91 Å². The van der Waals surface area contributed by atoms with Crippen LogP contribution in [-0.2, 0) is 0 Å². The summed E-state index contributed by atoms with van der Waals surface area (Å²) in [5, 5.41) is 2.89. The molecule has 0 aliphatic heterocycles. The molecule has 0 fully saturated rings. The lowest BCUT2D eigenvalue weighted by atomic mass is 10.0. The molecule has 0 unspecified atom stereocenters. The quantitative estimate of drug-likeness (QED) is 0.788. The highest BCUT2D eigenvalue weighted by Crippen LogP contribution is 2.16. The van der Waals surface area contributed by atoms with E-state index >= 15 is 0 Å². The third kappa shape index (κ3) is 3.80. The summed E-state index contributed by atoms with van der Waals surface area (Å²) in [6.07, 6.45) is 0. The summed E-state index contributed by atoms with van der Waals surface area (Å²) >= 11 is 2.24. The van der Waals surface area contributed by atoms with E-state index in [0.29, 0.717) is 11.5 Å². The standard InChI is InChI=1S/C16H16INO/c1-11(2)12-3-5-13(6-4-12)16(19)18-15-9-7-14(17)8-10-15/h3-11H,1-2H3,(H,18,19). The first kappa shape index (κ1) is 14.1. The van der Waals surface area contributed by atoms with Gasteiger partial charge >= 0.3 is 0 Å². The molecule has 0 saturated heterocycles. The Balaban J connectivity index is 2.09. The van der Waals surface area contributed by atoms with Gasteiger partial charge in [0, 0.05) is 14.8 Å². The van der Waals surface area contributed by atoms with E-state index in [0.717, 1.165) is 9.26 Å². The van der Waals surface area contributed by atoms with E-state index < -0.39 is 0 Å². The number of rotatable bonds is 3. The van der Waals surface area contributed by atoms with Crippen LogP contribution in [0.5, 0.6) is 0 Å². The van der Waals surface area contributed by atoms with Crippen molar-refractivity contribution in [3.05, 3.63) is 63.2 Å². The Bertz CT molecular complexity index is 558. The topological polar surface area (TPSA) is 29.1 Å². The molecule has 0 aliphatic carbocycles. The Morgan fingerprint density at radius 1 is 1.00 bits per heavy atom. The fourth-order valence-electron chi connectivity index (χ4n) is 1.76. The maximum absolute atomic E-state index is 12.1. The highest BCUT2D eigenvalue weighted by Gasteiger charge is 2.06. The van der Waals surface area contributed by atoms with Crippen molar-refractivity contribution in [1.82, 2.24) is 0 Å². The fraction of sp³-hybridized carbons (Fsp3) is 0.188. The first-order valence-electron chi connectivity index (χ1n) is 6.23. The van der Waals surface area contributed by atoms with Gasteiger partial charge in [0.25, 0.3) is 5.91 Å². The molecule has 0 bridgehead atoms. The number of halogens is 1. The molecule has 3 heteroatoms. The molecule has 1 N–H and O–H groups in total. The van der Waals surface area contributed by atoms with Gasteiger partial charge in [0.2, 0.25) is 0 Å². The molecule has 2 nitrogen and oxygen atoms in total. The second kappa shape index (κ2) is 6.19. The molecular formula is C16H16INO. The van der Waals surface area contributed by atoms with Gasteiger partial charge in [-0.25, -0.2) is 0 Å². The summed E-state index contributed by atoms with van der Waals surface area (Å²) < 4.78 is 1.15. The van der Waals surface area contributed by atoms with Crippen LogP contribution in [0.4, 0.5) is 5.69 Å². The molecule has 19 heavy (non-hydrogen) atoms. The van der Waals surface area contributed by atoms with Gasteiger partial charge in [0.1, 0.15) is 0 Å². The Morgan fingerprint density at radius 2 is 1.58 bits per heavy atom. The molecule has 0 heterocycles. The molecule has 0 radical (unpaired) electrons. The summed E-state index contributed by atoms with van der Waals surface area (Å²) in [7, 11) is 0. The van der Waals surface area contributed by atoms with Crippen molar-refractivity contribution >= 4 is 34.2 Å². The van der Waals surface area contributed by atoms with E-state index in [-0.39, 0.29) is 5.91 Å². The van der Waals surface area contributed by atoms with Gasteiger partial charge in [-0.1, -0.05) is 26.0 Å². The molecule has 2 aromatic carbocycles. The van der Waals surface area contributed by atoms with E-state index in [1.807, 2.05) is 48.5 Å². The van der Waals surface area contributed by atoms with Gasteiger partial charge in [-0.3, -0.25) is 4.79 Å². The lowest BCUT2D eigenvalue weighted by Crippen LogP contribution is -2.11. The van der Waals surface area contributed by atoms with Crippen LogP contribution in [0.25, 0.3) is 0 Å². The maximum atomic E-state index is 12.1. The van der Waals surface area contributed by atoms with Crippen molar-refractivity contribution < 1.29 is 4.79 Å². The van der Waals surface area contributed by atoms with Crippen LogP contribution in [0.2, 0.25) is 0 Å². The minimum Gasteiger partial charge on any atom is -0.322 e. The summed E-state index contributed by atoms with van der Waals surface area (Å²) in [5.74, 6) is 0.407. The Hall–Kier alpha value is -1.36. The molecule has 1 amide bonds. The summed E-state index contributed by atoms with van der Waals surface area (Å²) in [4.78, 5) is 12.1. The van der Waals surface area contributed by atoms with Crippen molar-refractivity contribution in [2.24, 2.45) is 0 Å². The fourth-order valence-corrected chi connectivity index (χ4v) is 2.12. The lowest BCUT2D eigenvalue weighted by Gasteiger charge is -2.08. The second-order valence-corrected chi connectivity index (χ2v) is 5.98. The molecule has 0 spiro atoms. The monoisotopic (exact) mass is 365 g/mol. The van der Waals surface area contributed by atoms with Crippen molar-refractivity contribution in [3.63, 3.8) is 0 Å². The lowest BCUT2D eigenvalue weighted by molar-refractivity contribution is 0.102. The van der Waals surface area contributed by atoms with Crippen molar-refractivity contribution in [2.75, 3.05) is 5.32 Å². The van der Waals surface area contributed by atoms with Crippen LogP contribution in [0.3, 0.4) is 0 Å². The summed E-state index contributed by atoms with van der Waals surface area (Å²) in [6, 6.07) is 15.5. The number of anilines is 1. The molecule has 98 valence electrons. The van der Waals surface area contributed by atoms with Crippen LogP contribution in [0, 0.1) is 3.57 Å². The SMILES string of the molecule is CC(C)c1ccc(C(=O)Nc2ccc(I)cc2)cc1. The zero-order valence-corrected chi connectivity index (χ0v) is 13.1. The molecule has 0 saturated carbocycles. The van der Waals surface area contributed by atoms with E-state index in [9.17, 15) is 4.79 Å². The Labute approximate surface area is 127 Å². The average molecular weight is 365 g/mol. The third-order valence-electron chi connectivity index (χ3n) is 2.94. The maximum Gasteiger partial charge on any atom is 0.255 e. The average Bonchev–Trinajstić information content (AvgIpc) is 2.41. The molecule has 0 aromatic heterocycles. The predicted octanol–water partition coefficient (Wildman–Crippen LogP) is 4.67. The van der Waals surface area contributed by atoms with Gasteiger partial charge in [0.15, 0.2) is 0 Å². The van der Waals surface area contributed by atoms with E-state index in [1.54, 1.807) is 0 Å². The minimum atomic E-state index is -0.0727. The van der Waals surface area contributed by atoms with E-state index in [1.165, 1.54) is 5.56 Å². The van der Waals surface area contributed by atoms with Crippen molar-refractivity contribution in [1.29, 1.82) is 0 Å². The molecule has 0 atom stereocenters. The van der Waals surface area contributed by atoms with Crippen LogP contribution in [0.15, 0.2) is 48.5 Å². The third-order valence-corrected chi connectivity index (χ3v) is 3.66. The van der Waals surface area contributed by atoms with Gasteiger partial charge in [-0.2, -0.15) is 0 Å². The number of nitrogens with one attached hydrogen (secondary N) is 1. The highest BCUT2D eigenvalue weighted by atomic mass is 127. The number of carbonyl (C=O) groups excluding carboxylic acids is 1. The first-order chi connectivity index (χ1) is 9.06. The van der Waals surface area contributed by atoms with Crippen molar-refractivity contribution in [2.45, 2.75) is 19.8 Å². The largest absolute Gasteiger partial charge is 0.322 e. The zero-order valence-electron chi connectivity index (χ0n) is 11.0. The van der Waals surface area contributed by atoms with Crippen molar-refractivity contribution in [3.8, 4) is 0 Å². The van der Waals surface area contributed by atoms with Gasteiger partial charge in [-0.05, 0) is 70.5 Å².